The first-order valence-electron chi connectivity index (χ1n) is 18.8. The number of methoxy groups -OCH3 is 2. The van der Waals surface area contributed by atoms with E-state index in [1.165, 1.54) is 36.9 Å². The van der Waals surface area contributed by atoms with Crippen molar-refractivity contribution < 1.29 is 43.2 Å². The number of carboxylic acids is 1. The highest BCUT2D eigenvalue weighted by Gasteiger charge is 2.61. The number of likely N-dealkylation sites (tertiary alicyclic amines) is 1. The Morgan fingerprint density at radius 3 is 2.37 bits per heavy atom. The van der Waals surface area contributed by atoms with Crippen LogP contribution in [0.15, 0.2) is 23.6 Å². The maximum Gasteiger partial charge on any atom is 0.310 e. The maximum absolute atomic E-state index is 14.7. The number of nitrogens with zero attached hydrogens (tertiary/aromatic N) is 3. The number of fused-ring (bicyclic) bond motifs is 2. The number of aliphatic carboxylic acids is 1. The Balaban J connectivity index is 1.20. The molecule has 2 unspecified atom stereocenters. The van der Waals surface area contributed by atoms with Gasteiger partial charge in [0.1, 0.15) is 34.4 Å². The summed E-state index contributed by atoms with van der Waals surface area (Å²) in [5.41, 5.74) is -0.355. The number of amides is 1. The second kappa shape index (κ2) is 14.6. The zero-order valence-electron chi connectivity index (χ0n) is 31.6. The number of Topliss-reactive ketones (excluding diaryl/α,β-unsaturated/α-hetero) is 1. The van der Waals surface area contributed by atoms with Crippen molar-refractivity contribution in [1.29, 1.82) is 0 Å². The van der Waals surface area contributed by atoms with Crippen molar-refractivity contribution >= 4 is 57.5 Å². The molecule has 12 nitrogen and oxygen atoms in total. The van der Waals surface area contributed by atoms with E-state index in [1.807, 2.05) is 33.1 Å². The van der Waals surface area contributed by atoms with E-state index in [0.29, 0.717) is 63.7 Å². The molecule has 0 radical (unpaired) electrons. The lowest BCUT2D eigenvalue weighted by Crippen LogP contribution is -2.48. The van der Waals surface area contributed by atoms with E-state index < -0.39 is 40.8 Å². The number of carbonyl (C=O) groups is 4. The number of halogens is 1. The van der Waals surface area contributed by atoms with Gasteiger partial charge in [0.15, 0.2) is 5.78 Å². The molecule has 3 aromatic rings. The van der Waals surface area contributed by atoms with Crippen molar-refractivity contribution in [2.75, 3.05) is 20.8 Å². The van der Waals surface area contributed by atoms with Crippen LogP contribution in [0.5, 0.6) is 16.7 Å². The predicted octanol–water partition coefficient (Wildman–Crippen LogP) is 7.23. The van der Waals surface area contributed by atoms with Crippen LogP contribution in [0.3, 0.4) is 0 Å². The SMILES string of the molecule is CC[C@@H]1C[C@]1(CC(=O)[C@@H]1C[C@@H](Oc2cc(-c3csc(OC)n3)nc3c(Cl)c(OC)ccc23)CN1C(=O)C(CC(=O)OC1C[C@@H]2C[C@@H]2C1)C(C)(C)C)C(=O)O. The molecule has 1 saturated heterocycles. The van der Waals surface area contributed by atoms with Gasteiger partial charge in [0.05, 0.1) is 55.8 Å². The average Bonchev–Trinajstić information content (AvgIpc) is 3.78. The van der Waals surface area contributed by atoms with Crippen LogP contribution in [0.1, 0.15) is 79.1 Å². The summed E-state index contributed by atoms with van der Waals surface area (Å²) in [7, 11) is 3.05. The minimum Gasteiger partial charge on any atom is -0.495 e. The van der Waals surface area contributed by atoms with Gasteiger partial charge >= 0.3 is 11.9 Å². The van der Waals surface area contributed by atoms with Gasteiger partial charge in [-0.15, -0.1) is 0 Å². The van der Waals surface area contributed by atoms with Crippen LogP contribution in [-0.4, -0.2) is 82.6 Å². The summed E-state index contributed by atoms with van der Waals surface area (Å²) >= 11 is 8.09. The first-order chi connectivity index (χ1) is 25.6. The number of carbonyl (C=O) groups excluding carboxylic acids is 3. The normalized spacial score (nSPS) is 27.6. The molecule has 3 heterocycles. The third kappa shape index (κ3) is 7.37. The van der Waals surface area contributed by atoms with Crippen LogP contribution < -0.4 is 14.2 Å². The summed E-state index contributed by atoms with van der Waals surface area (Å²) in [6, 6.07) is 4.31. The van der Waals surface area contributed by atoms with Crippen molar-refractivity contribution in [1.82, 2.24) is 14.9 Å². The maximum atomic E-state index is 14.7. The van der Waals surface area contributed by atoms with Crippen molar-refractivity contribution in [2.45, 2.75) is 97.3 Å². The van der Waals surface area contributed by atoms with Gasteiger partial charge in [-0.05, 0) is 61.0 Å². The highest BCUT2D eigenvalue weighted by atomic mass is 35.5. The molecule has 4 aliphatic rings. The van der Waals surface area contributed by atoms with E-state index in [4.69, 9.17) is 35.5 Å². The highest BCUT2D eigenvalue weighted by molar-refractivity contribution is 7.11. The molecular weight excluding hydrogens is 734 g/mol. The summed E-state index contributed by atoms with van der Waals surface area (Å²) in [5, 5.41) is 13.3. The van der Waals surface area contributed by atoms with Crippen LogP contribution in [0, 0.1) is 34.5 Å². The standard InChI is InChI=1S/C40H48ClN3O9S/c1-7-22-16-40(22,37(48)49)17-30(45)29-13-24(18-44(29)36(47)26(39(2,3)4)14-33(46)53-23-11-20-10-21(20)12-23)52-32-15-27(28-19-54-38(43-28)51-6)42-35-25(32)8-9-31(50-5)34(35)41/h8-9,15,19-24,26,29H,7,10-14,16-18H2,1-6H3,(H,48,49)/t20-,21+,22-,23?,24-,26?,29+,40-/m1/s1. The fourth-order valence-electron chi connectivity index (χ4n) is 8.69. The first kappa shape index (κ1) is 38.3. The Bertz CT molecular complexity index is 1970. The van der Waals surface area contributed by atoms with Gasteiger partial charge in [-0.2, -0.15) is 0 Å². The monoisotopic (exact) mass is 781 g/mol. The number of ketones is 1. The molecule has 1 N–H and O–H groups in total. The molecule has 1 aromatic carbocycles. The number of benzene rings is 1. The van der Waals surface area contributed by atoms with E-state index in [2.05, 4.69) is 4.98 Å². The molecule has 0 bridgehead atoms. The zero-order chi connectivity index (χ0) is 38.7. The van der Waals surface area contributed by atoms with Gasteiger partial charge in [-0.3, -0.25) is 19.2 Å². The number of aromatic nitrogens is 2. The summed E-state index contributed by atoms with van der Waals surface area (Å²) < 4.78 is 23.4. The third-order valence-electron chi connectivity index (χ3n) is 12.1. The second-order valence-electron chi connectivity index (χ2n) is 16.5. The topological polar surface area (TPSA) is 154 Å². The molecule has 1 aliphatic heterocycles. The molecule has 14 heteroatoms. The Hall–Kier alpha value is -3.97. The lowest BCUT2D eigenvalue weighted by molar-refractivity contribution is -0.157. The van der Waals surface area contributed by atoms with Crippen LogP contribution in [-0.2, 0) is 23.9 Å². The molecular formula is C40H48ClN3O9S. The lowest BCUT2D eigenvalue weighted by atomic mass is 9.77. The summed E-state index contributed by atoms with van der Waals surface area (Å²) in [4.78, 5) is 65.6. The molecule has 7 rings (SSSR count). The molecule has 2 aromatic heterocycles. The van der Waals surface area contributed by atoms with E-state index >= 15 is 0 Å². The van der Waals surface area contributed by atoms with Gasteiger partial charge in [0.25, 0.3) is 5.19 Å². The first-order valence-corrected chi connectivity index (χ1v) is 20.0. The van der Waals surface area contributed by atoms with Crippen molar-refractivity contribution in [3.05, 3.63) is 28.6 Å². The number of hydrogen-bond donors (Lipinski definition) is 1. The quantitative estimate of drug-likeness (QED) is 0.165. The van der Waals surface area contributed by atoms with Crippen LogP contribution in [0.2, 0.25) is 5.02 Å². The fourth-order valence-corrected chi connectivity index (χ4v) is 9.61. The molecule has 8 atom stereocenters. The number of thiazole rings is 1. The van der Waals surface area contributed by atoms with E-state index in [0.717, 1.165) is 12.8 Å². The van der Waals surface area contributed by atoms with Gasteiger partial charge in [-0.25, -0.2) is 9.97 Å². The fraction of sp³-hybridized carbons (Fsp3) is 0.600. The summed E-state index contributed by atoms with van der Waals surface area (Å²) in [6.45, 7) is 7.68. The van der Waals surface area contributed by atoms with Gasteiger partial charge in [0.2, 0.25) is 5.91 Å². The molecule has 54 heavy (non-hydrogen) atoms. The van der Waals surface area contributed by atoms with E-state index in [-0.39, 0.29) is 54.5 Å². The van der Waals surface area contributed by atoms with Crippen LogP contribution in [0.4, 0.5) is 0 Å². The van der Waals surface area contributed by atoms with Gasteiger partial charge in [0, 0.05) is 29.7 Å². The Morgan fingerprint density at radius 1 is 1.02 bits per heavy atom. The average molecular weight is 782 g/mol. The van der Waals surface area contributed by atoms with Crippen LogP contribution in [0.25, 0.3) is 22.3 Å². The molecule has 1 amide bonds. The second-order valence-corrected chi connectivity index (χ2v) is 17.7. The number of pyridine rings is 1. The van der Waals surface area contributed by atoms with E-state index in [1.54, 1.807) is 18.2 Å². The molecule has 3 aliphatic carbocycles. The smallest absolute Gasteiger partial charge is 0.310 e. The van der Waals surface area contributed by atoms with Gasteiger partial charge in [-0.1, -0.05) is 57.1 Å². The highest BCUT2D eigenvalue weighted by Crippen LogP contribution is 2.58. The summed E-state index contributed by atoms with van der Waals surface area (Å²) in [5.74, 6) is -0.863. The number of hydrogen-bond acceptors (Lipinski definition) is 11. The largest absolute Gasteiger partial charge is 0.495 e. The number of rotatable bonds is 14. The summed E-state index contributed by atoms with van der Waals surface area (Å²) in [6.07, 6.45) is 3.06. The Morgan fingerprint density at radius 2 is 1.76 bits per heavy atom. The van der Waals surface area contributed by atoms with Crippen molar-refractivity contribution in [3.63, 3.8) is 0 Å². The van der Waals surface area contributed by atoms with Gasteiger partial charge < -0.3 is 29.0 Å². The molecule has 3 saturated carbocycles. The third-order valence-corrected chi connectivity index (χ3v) is 13.2. The lowest BCUT2D eigenvalue weighted by Gasteiger charge is -2.35. The Kier molecular flexibility index (Phi) is 10.4. The number of esters is 1. The predicted molar refractivity (Wildman–Crippen MR) is 202 cm³/mol. The van der Waals surface area contributed by atoms with Crippen molar-refractivity contribution in [2.24, 2.45) is 34.5 Å². The zero-order valence-corrected chi connectivity index (χ0v) is 33.1. The Labute approximate surface area is 323 Å². The molecule has 0 spiro atoms. The van der Waals surface area contributed by atoms with Crippen LogP contribution >= 0.6 is 22.9 Å². The van der Waals surface area contributed by atoms with Crippen molar-refractivity contribution in [3.8, 4) is 28.1 Å². The van der Waals surface area contributed by atoms with E-state index in [9.17, 15) is 24.3 Å². The molecule has 290 valence electrons. The minimum absolute atomic E-state index is 0.0493. The number of carboxylic acid groups (broad SMARTS) is 1. The molecule has 4 fully saturated rings. The minimum atomic E-state index is -1.14. The number of ether oxygens (including phenoxy) is 4.